The van der Waals surface area contributed by atoms with E-state index in [1.54, 1.807) is 0 Å². The first kappa shape index (κ1) is 12.0. The molecule has 0 saturated carbocycles. The lowest BCUT2D eigenvalue weighted by atomic mass is 10.4. The van der Waals surface area contributed by atoms with E-state index in [4.69, 9.17) is 5.11 Å². The fraction of sp³-hybridized carbons (Fsp3) is 0.111. The van der Waals surface area contributed by atoms with Gasteiger partial charge in [0.1, 0.15) is 0 Å². The second kappa shape index (κ2) is 4.09. The number of hydrogen-bond acceptors (Lipinski definition) is 4. The van der Waals surface area contributed by atoms with Crippen LogP contribution in [0.15, 0.2) is 24.7 Å². The highest BCUT2D eigenvalue weighted by molar-refractivity contribution is 5.85. The number of rotatable bonds is 2. The summed E-state index contributed by atoms with van der Waals surface area (Å²) < 4.78 is 38.1. The van der Waals surface area contributed by atoms with Crippen molar-refractivity contribution in [1.29, 1.82) is 0 Å². The predicted molar refractivity (Wildman–Crippen MR) is 51.1 cm³/mol. The third-order valence-electron chi connectivity index (χ3n) is 1.96. The minimum atomic E-state index is -4.62. The Labute approximate surface area is 97.7 Å². The highest BCUT2D eigenvalue weighted by Gasteiger charge is 2.33. The smallest absolute Gasteiger partial charge is 0.434 e. The van der Waals surface area contributed by atoms with Crippen LogP contribution in [-0.4, -0.2) is 30.8 Å². The molecule has 9 heteroatoms. The van der Waals surface area contributed by atoms with Crippen molar-refractivity contribution in [2.75, 3.05) is 0 Å². The Balaban J connectivity index is 2.41. The lowest BCUT2D eigenvalue weighted by Crippen LogP contribution is -2.11. The van der Waals surface area contributed by atoms with Gasteiger partial charge in [0.25, 0.3) is 0 Å². The van der Waals surface area contributed by atoms with Crippen LogP contribution in [0.2, 0.25) is 0 Å². The van der Waals surface area contributed by atoms with Crippen molar-refractivity contribution >= 4 is 5.97 Å². The zero-order valence-electron chi connectivity index (χ0n) is 8.59. The number of hydrogen-bond donors (Lipinski definition) is 1. The summed E-state index contributed by atoms with van der Waals surface area (Å²) >= 11 is 0. The summed E-state index contributed by atoms with van der Waals surface area (Å²) in [5.74, 6) is -1.49. The van der Waals surface area contributed by atoms with Gasteiger partial charge in [0.2, 0.25) is 0 Å². The van der Waals surface area contributed by atoms with Crippen LogP contribution in [0.3, 0.4) is 0 Å². The first-order chi connectivity index (χ1) is 8.38. The topological polar surface area (TPSA) is 80.9 Å². The Morgan fingerprint density at radius 3 is 2.61 bits per heavy atom. The highest BCUT2D eigenvalue weighted by atomic mass is 19.4. The Morgan fingerprint density at radius 2 is 2.06 bits per heavy atom. The van der Waals surface area contributed by atoms with Crippen LogP contribution in [-0.2, 0) is 6.18 Å². The number of aromatic carboxylic acids is 1. The molecule has 18 heavy (non-hydrogen) atoms. The van der Waals surface area contributed by atoms with E-state index in [0.717, 1.165) is 16.9 Å². The Morgan fingerprint density at radius 1 is 1.33 bits per heavy atom. The lowest BCUT2D eigenvalue weighted by Gasteiger charge is -2.06. The van der Waals surface area contributed by atoms with Crippen molar-refractivity contribution in [2.24, 2.45) is 0 Å². The molecule has 0 unspecified atom stereocenters. The van der Waals surface area contributed by atoms with Crippen LogP contribution in [0.25, 0.3) is 5.82 Å². The van der Waals surface area contributed by atoms with Gasteiger partial charge < -0.3 is 5.11 Å². The number of alkyl halides is 3. The number of carbonyl (C=O) groups is 1. The number of carboxylic acids is 1. The molecule has 0 aromatic carbocycles. The average molecular weight is 258 g/mol. The van der Waals surface area contributed by atoms with E-state index in [1.165, 1.54) is 6.20 Å². The average Bonchev–Trinajstić information content (AvgIpc) is 2.77. The van der Waals surface area contributed by atoms with E-state index in [-0.39, 0.29) is 11.5 Å². The molecule has 2 rings (SSSR count). The quantitative estimate of drug-likeness (QED) is 0.880. The van der Waals surface area contributed by atoms with Crippen molar-refractivity contribution < 1.29 is 23.1 Å². The molecular weight excluding hydrogens is 253 g/mol. The molecule has 2 aromatic rings. The molecule has 1 N–H and O–H groups in total. The number of nitrogens with zero attached hydrogens (tertiary/aromatic N) is 4. The van der Waals surface area contributed by atoms with Crippen molar-refractivity contribution in [3.05, 3.63) is 36.0 Å². The van der Waals surface area contributed by atoms with Crippen molar-refractivity contribution in [1.82, 2.24) is 19.7 Å². The summed E-state index contributed by atoms with van der Waals surface area (Å²) in [5.41, 5.74) is -1.47. The fourth-order valence-electron chi connectivity index (χ4n) is 1.17. The molecule has 0 amide bonds. The maximum atomic E-state index is 12.4. The first-order valence-corrected chi connectivity index (χ1v) is 4.56. The largest absolute Gasteiger partial charge is 0.476 e. The molecule has 0 spiro atoms. The predicted octanol–water partition coefficient (Wildman–Crippen LogP) is 1.38. The van der Waals surface area contributed by atoms with Crippen LogP contribution in [0, 0.1) is 0 Å². The maximum absolute atomic E-state index is 12.4. The number of halogens is 3. The molecule has 2 heterocycles. The minimum absolute atomic E-state index is 0.211. The van der Waals surface area contributed by atoms with E-state index >= 15 is 0 Å². The van der Waals surface area contributed by atoms with Crippen molar-refractivity contribution in [2.45, 2.75) is 6.18 Å². The fourth-order valence-corrected chi connectivity index (χ4v) is 1.17. The molecular formula is C9H5F3N4O2. The summed E-state index contributed by atoms with van der Waals surface area (Å²) in [4.78, 5) is 17.3. The van der Waals surface area contributed by atoms with Crippen LogP contribution in [0.5, 0.6) is 0 Å². The molecule has 0 aliphatic rings. The normalized spacial score (nSPS) is 11.5. The van der Waals surface area contributed by atoms with Gasteiger partial charge in [0.05, 0.1) is 12.4 Å². The van der Waals surface area contributed by atoms with E-state index < -0.39 is 17.8 Å². The lowest BCUT2D eigenvalue weighted by molar-refractivity contribution is -0.141. The van der Waals surface area contributed by atoms with Gasteiger partial charge in [0, 0.05) is 6.20 Å². The molecule has 6 nitrogen and oxygen atoms in total. The van der Waals surface area contributed by atoms with Gasteiger partial charge in [-0.15, -0.1) is 0 Å². The first-order valence-electron chi connectivity index (χ1n) is 4.56. The van der Waals surface area contributed by atoms with Gasteiger partial charge in [-0.3, -0.25) is 4.98 Å². The van der Waals surface area contributed by atoms with E-state index in [9.17, 15) is 18.0 Å². The summed E-state index contributed by atoms with van der Waals surface area (Å²) in [6.45, 7) is 0. The third-order valence-corrected chi connectivity index (χ3v) is 1.96. The highest BCUT2D eigenvalue weighted by Crippen LogP contribution is 2.27. The van der Waals surface area contributed by atoms with Crippen LogP contribution in [0.1, 0.15) is 16.2 Å². The summed E-state index contributed by atoms with van der Waals surface area (Å²) in [6.07, 6.45) is -1.81. The van der Waals surface area contributed by atoms with Crippen LogP contribution >= 0.6 is 0 Å². The summed E-state index contributed by atoms with van der Waals surface area (Å²) in [7, 11) is 0. The molecule has 94 valence electrons. The van der Waals surface area contributed by atoms with E-state index in [2.05, 4.69) is 15.1 Å². The Kier molecular flexibility index (Phi) is 2.73. The zero-order chi connectivity index (χ0) is 13.3. The van der Waals surface area contributed by atoms with Gasteiger partial charge in [-0.25, -0.2) is 14.5 Å². The molecule has 0 aliphatic heterocycles. The second-order valence-electron chi connectivity index (χ2n) is 3.21. The van der Waals surface area contributed by atoms with Gasteiger partial charge in [-0.05, 0) is 6.07 Å². The SMILES string of the molecule is O=C(O)c1ccn(-c2cncc(C(F)(F)F)n2)n1. The van der Waals surface area contributed by atoms with Gasteiger partial charge in [-0.2, -0.15) is 18.3 Å². The standard InChI is InChI=1S/C9H5F3N4O2/c10-9(11,12)6-3-13-4-7(14-6)16-2-1-5(15-16)8(17)18/h1-4H,(H,17,18). The maximum Gasteiger partial charge on any atom is 0.434 e. The molecule has 0 atom stereocenters. The molecule has 0 aliphatic carbocycles. The van der Waals surface area contributed by atoms with Crippen LogP contribution < -0.4 is 0 Å². The minimum Gasteiger partial charge on any atom is -0.476 e. The molecule has 0 radical (unpaired) electrons. The van der Waals surface area contributed by atoms with Gasteiger partial charge in [-0.1, -0.05) is 0 Å². The third kappa shape index (κ3) is 2.29. The summed E-state index contributed by atoms with van der Waals surface area (Å²) in [5, 5.41) is 12.2. The molecule has 0 saturated heterocycles. The summed E-state index contributed by atoms with van der Waals surface area (Å²) in [6, 6.07) is 1.14. The Bertz CT molecular complexity index is 593. The molecule has 2 aromatic heterocycles. The Hall–Kier alpha value is -2.45. The number of aromatic nitrogens is 4. The van der Waals surface area contributed by atoms with Gasteiger partial charge >= 0.3 is 12.1 Å². The van der Waals surface area contributed by atoms with Crippen LogP contribution in [0.4, 0.5) is 13.2 Å². The van der Waals surface area contributed by atoms with E-state index in [0.29, 0.717) is 6.20 Å². The van der Waals surface area contributed by atoms with E-state index in [1.807, 2.05) is 0 Å². The zero-order valence-corrected chi connectivity index (χ0v) is 8.59. The van der Waals surface area contributed by atoms with Crippen molar-refractivity contribution in [3.8, 4) is 5.82 Å². The second-order valence-corrected chi connectivity index (χ2v) is 3.21. The monoisotopic (exact) mass is 258 g/mol. The van der Waals surface area contributed by atoms with Gasteiger partial charge in [0.15, 0.2) is 17.2 Å². The van der Waals surface area contributed by atoms with Crippen molar-refractivity contribution in [3.63, 3.8) is 0 Å². The molecule has 0 fully saturated rings. The molecule has 0 bridgehead atoms. The number of carboxylic acid groups (broad SMARTS) is 1.